The molecule has 7 heteroatoms. The average molecular weight is 309 g/mol. The number of carboxylic acid groups (broad SMARTS) is 1. The number of carbonyl (C=O) groups excluding carboxylic acids is 1. The standard InChI is InChI=1S/C15H19NO6/c1-4-7-22-11-6-5-10(8-12(11)21-3)13(17)16-9-15(2,20)14(18)19/h4-6,8,20H,1,7,9H2,2-3H3,(H,16,17)(H,18,19). The van der Waals surface area contributed by atoms with E-state index in [-0.39, 0.29) is 5.56 Å². The van der Waals surface area contributed by atoms with E-state index in [9.17, 15) is 14.7 Å². The van der Waals surface area contributed by atoms with E-state index in [2.05, 4.69) is 11.9 Å². The Morgan fingerprint density at radius 2 is 2.09 bits per heavy atom. The molecule has 7 nitrogen and oxygen atoms in total. The molecule has 0 saturated heterocycles. The Kier molecular flexibility index (Phi) is 5.94. The highest BCUT2D eigenvalue weighted by Crippen LogP contribution is 2.28. The first-order valence-corrected chi connectivity index (χ1v) is 6.47. The van der Waals surface area contributed by atoms with Crippen molar-refractivity contribution >= 4 is 11.9 Å². The zero-order valence-corrected chi connectivity index (χ0v) is 12.5. The fraction of sp³-hybridized carbons (Fsp3) is 0.333. The molecular weight excluding hydrogens is 290 g/mol. The van der Waals surface area contributed by atoms with Crippen molar-refractivity contribution in [2.24, 2.45) is 0 Å². The van der Waals surface area contributed by atoms with Crippen molar-refractivity contribution in [1.82, 2.24) is 5.32 Å². The van der Waals surface area contributed by atoms with E-state index in [1.165, 1.54) is 19.2 Å². The van der Waals surface area contributed by atoms with Crippen molar-refractivity contribution < 1.29 is 29.3 Å². The highest BCUT2D eigenvalue weighted by Gasteiger charge is 2.30. The largest absolute Gasteiger partial charge is 0.493 e. The lowest BCUT2D eigenvalue weighted by atomic mass is 10.1. The number of methoxy groups -OCH3 is 1. The van der Waals surface area contributed by atoms with Gasteiger partial charge in [-0.3, -0.25) is 4.79 Å². The number of rotatable bonds is 8. The van der Waals surface area contributed by atoms with Crippen molar-refractivity contribution in [1.29, 1.82) is 0 Å². The van der Waals surface area contributed by atoms with Crippen LogP contribution in [-0.4, -0.2) is 48.0 Å². The summed E-state index contributed by atoms with van der Waals surface area (Å²) in [6, 6.07) is 4.53. The summed E-state index contributed by atoms with van der Waals surface area (Å²) in [5.74, 6) is -1.13. The second-order valence-electron chi connectivity index (χ2n) is 4.73. The number of hydrogen-bond acceptors (Lipinski definition) is 5. The summed E-state index contributed by atoms with van der Waals surface area (Å²) in [6.45, 7) is 4.51. The van der Waals surface area contributed by atoms with Gasteiger partial charge in [0.2, 0.25) is 0 Å². The van der Waals surface area contributed by atoms with Crippen molar-refractivity contribution in [3.05, 3.63) is 36.4 Å². The van der Waals surface area contributed by atoms with Crippen LogP contribution in [0.5, 0.6) is 11.5 Å². The van der Waals surface area contributed by atoms with Crippen molar-refractivity contribution in [3.8, 4) is 11.5 Å². The van der Waals surface area contributed by atoms with Gasteiger partial charge in [0.25, 0.3) is 5.91 Å². The fourth-order valence-electron chi connectivity index (χ4n) is 1.51. The molecule has 0 aromatic heterocycles. The SMILES string of the molecule is C=CCOc1ccc(C(=O)NCC(C)(O)C(=O)O)cc1OC. The summed E-state index contributed by atoms with van der Waals surface area (Å²) in [5, 5.41) is 20.7. The van der Waals surface area contributed by atoms with Gasteiger partial charge in [-0.05, 0) is 25.1 Å². The minimum atomic E-state index is -2.03. The molecule has 0 bridgehead atoms. The molecule has 0 aliphatic rings. The molecule has 120 valence electrons. The molecule has 0 heterocycles. The maximum absolute atomic E-state index is 12.0. The molecule has 0 aliphatic heterocycles. The monoisotopic (exact) mass is 309 g/mol. The molecule has 0 fully saturated rings. The lowest BCUT2D eigenvalue weighted by Gasteiger charge is -2.18. The van der Waals surface area contributed by atoms with E-state index >= 15 is 0 Å². The summed E-state index contributed by atoms with van der Waals surface area (Å²) in [5.41, 5.74) is -1.78. The molecular formula is C15H19NO6. The van der Waals surface area contributed by atoms with Crippen LogP contribution in [0.2, 0.25) is 0 Å². The molecule has 0 aliphatic carbocycles. The number of carboxylic acids is 1. The highest BCUT2D eigenvalue weighted by atomic mass is 16.5. The Hall–Kier alpha value is -2.54. The Balaban J connectivity index is 2.82. The highest BCUT2D eigenvalue weighted by molar-refractivity contribution is 5.95. The molecule has 1 aromatic carbocycles. The number of nitrogens with one attached hydrogen (secondary N) is 1. The first-order chi connectivity index (χ1) is 10.3. The van der Waals surface area contributed by atoms with Gasteiger partial charge >= 0.3 is 5.97 Å². The van der Waals surface area contributed by atoms with Crippen LogP contribution in [0.15, 0.2) is 30.9 Å². The molecule has 22 heavy (non-hydrogen) atoms. The van der Waals surface area contributed by atoms with Crippen LogP contribution in [0.4, 0.5) is 0 Å². The minimum Gasteiger partial charge on any atom is -0.493 e. The van der Waals surface area contributed by atoms with Crippen molar-refractivity contribution in [2.75, 3.05) is 20.3 Å². The first kappa shape index (κ1) is 17.5. The van der Waals surface area contributed by atoms with E-state index in [1.807, 2.05) is 0 Å². The van der Waals surface area contributed by atoms with Gasteiger partial charge in [-0.15, -0.1) is 0 Å². The summed E-state index contributed by atoms with van der Waals surface area (Å²) < 4.78 is 10.5. The molecule has 0 radical (unpaired) electrons. The van der Waals surface area contributed by atoms with Crippen LogP contribution in [0.25, 0.3) is 0 Å². The summed E-state index contributed by atoms with van der Waals surface area (Å²) in [4.78, 5) is 22.7. The summed E-state index contributed by atoms with van der Waals surface area (Å²) in [7, 11) is 1.44. The van der Waals surface area contributed by atoms with Gasteiger partial charge in [-0.2, -0.15) is 0 Å². The van der Waals surface area contributed by atoms with Crippen LogP contribution in [0, 0.1) is 0 Å². The number of benzene rings is 1. The van der Waals surface area contributed by atoms with E-state index in [4.69, 9.17) is 14.6 Å². The van der Waals surface area contributed by atoms with Gasteiger partial charge in [0.05, 0.1) is 13.7 Å². The Bertz CT molecular complexity index is 567. The molecule has 3 N–H and O–H groups in total. The quantitative estimate of drug-likeness (QED) is 0.614. The van der Waals surface area contributed by atoms with Gasteiger partial charge in [-0.25, -0.2) is 4.79 Å². The zero-order chi connectivity index (χ0) is 16.8. The molecule has 1 rings (SSSR count). The normalized spacial score (nSPS) is 12.9. The minimum absolute atomic E-state index is 0.254. The summed E-state index contributed by atoms with van der Waals surface area (Å²) in [6.07, 6.45) is 1.58. The Labute approximate surface area is 128 Å². The number of aliphatic hydroxyl groups is 1. The first-order valence-electron chi connectivity index (χ1n) is 6.47. The van der Waals surface area contributed by atoms with Crippen LogP contribution < -0.4 is 14.8 Å². The number of carbonyl (C=O) groups is 2. The molecule has 0 spiro atoms. The van der Waals surface area contributed by atoms with Gasteiger partial charge in [0.1, 0.15) is 6.61 Å². The predicted molar refractivity (Wildman–Crippen MR) is 79.3 cm³/mol. The second-order valence-corrected chi connectivity index (χ2v) is 4.73. The Morgan fingerprint density at radius 3 is 2.64 bits per heavy atom. The third-order valence-corrected chi connectivity index (χ3v) is 2.84. The second kappa shape index (κ2) is 7.46. The zero-order valence-electron chi connectivity index (χ0n) is 12.5. The topological polar surface area (TPSA) is 105 Å². The molecule has 1 atom stereocenters. The predicted octanol–water partition coefficient (Wildman–Crippen LogP) is 0.825. The van der Waals surface area contributed by atoms with Gasteiger partial charge in [0.15, 0.2) is 17.1 Å². The van der Waals surface area contributed by atoms with E-state index in [1.54, 1.807) is 12.1 Å². The molecule has 1 aromatic rings. The number of amides is 1. The average Bonchev–Trinajstić information content (AvgIpc) is 2.50. The van der Waals surface area contributed by atoms with Crippen LogP contribution >= 0.6 is 0 Å². The number of hydrogen-bond donors (Lipinski definition) is 3. The smallest absolute Gasteiger partial charge is 0.337 e. The van der Waals surface area contributed by atoms with Crippen LogP contribution in [-0.2, 0) is 4.79 Å². The van der Waals surface area contributed by atoms with Gasteiger partial charge in [-0.1, -0.05) is 12.7 Å². The Morgan fingerprint density at radius 1 is 1.41 bits per heavy atom. The summed E-state index contributed by atoms with van der Waals surface area (Å²) >= 11 is 0. The molecule has 1 amide bonds. The van der Waals surface area contributed by atoms with E-state index in [0.29, 0.717) is 18.1 Å². The van der Waals surface area contributed by atoms with Crippen LogP contribution in [0.1, 0.15) is 17.3 Å². The molecule has 0 saturated carbocycles. The third-order valence-electron chi connectivity index (χ3n) is 2.84. The third kappa shape index (κ3) is 4.49. The van der Waals surface area contributed by atoms with E-state index in [0.717, 1.165) is 6.92 Å². The van der Waals surface area contributed by atoms with Crippen molar-refractivity contribution in [3.63, 3.8) is 0 Å². The number of aliphatic carboxylic acids is 1. The van der Waals surface area contributed by atoms with E-state index < -0.39 is 24.0 Å². The van der Waals surface area contributed by atoms with Crippen molar-refractivity contribution in [2.45, 2.75) is 12.5 Å². The molecule has 1 unspecified atom stereocenters. The lowest BCUT2D eigenvalue weighted by Crippen LogP contribution is -2.46. The van der Waals surface area contributed by atoms with Gasteiger partial charge < -0.3 is 25.0 Å². The number of ether oxygens (including phenoxy) is 2. The maximum atomic E-state index is 12.0. The maximum Gasteiger partial charge on any atom is 0.337 e. The fourth-order valence-corrected chi connectivity index (χ4v) is 1.51. The van der Waals surface area contributed by atoms with Crippen LogP contribution in [0.3, 0.4) is 0 Å². The lowest BCUT2D eigenvalue weighted by molar-refractivity contribution is -0.155. The van der Waals surface area contributed by atoms with Gasteiger partial charge in [0, 0.05) is 5.56 Å².